The van der Waals surface area contributed by atoms with Crippen LogP contribution < -0.4 is 4.57 Å². The van der Waals surface area contributed by atoms with E-state index in [2.05, 4.69) is 0 Å². The van der Waals surface area contributed by atoms with Gasteiger partial charge in [0.25, 0.3) is 0 Å². The lowest BCUT2D eigenvalue weighted by Crippen LogP contribution is -2.31. The summed E-state index contributed by atoms with van der Waals surface area (Å²) in [6, 6.07) is 0. The van der Waals surface area contributed by atoms with Gasteiger partial charge in [0.15, 0.2) is 0 Å². The van der Waals surface area contributed by atoms with E-state index in [0.717, 1.165) is 0 Å². The van der Waals surface area contributed by atoms with E-state index < -0.39 is 0 Å². The molecule has 1 N–H and O–H groups in total. The Balaban J connectivity index is 2.60. The molecule has 1 aromatic heterocycles. The van der Waals surface area contributed by atoms with Crippen LogP contribution in [0.3, 0.4) is 0 Å². The summed E-state index contributed by atoms with van der Waals surface area (Å²) >= 11 is 0. The van der Waals surface area contributed by atoms with Gasteiger partial charge in [-0.15, -0.1) is 0 Å². The zero-order valence-electron chi connectivity index (χ0n) is 8.86. The molecule has 13 heavy (non-hydrogen) atoms. The molecule has 74 valence electrons. The summed E-state index contributed by atoms with van der Waals surface area (Å²) in [7, 11) is 1.97. The zero-order valence-corrected chi connectivity index (χ0v) is 8.86. The van der Waals surface area contributed by atoms with E-state index in [0.29, 0.717) is 6.54 Å². The van der Waals surface area contributed by atoms with Crippen molar-refractivity contribution in [2.24, 2.45) is 12.5 Å². The van der Waals surface area contributed by atoms with Crippen molar-refractivity contribution in [3.8, 4) is 0 Å². The van der Waals surface area contributed by atoms with Crippen molar-refractivity contribution in [3.05, 3.63) is 18.7 Å². The van der Waals surface area contributed by atoms with Crippen molar-refractivity contribution in [1.82, 2.24) is 4.57 Å². The maximum atomic E-state index is 9.82. The second-order valence-electron chi connectivity index (χ2n) is 4.66. The van der Waals surface area contributed by atoms with Crippen LogP contribution in [0.4, 0.5) is 0 Å². The molecule has 3 nitrogen and oxygen atoms in total. The Hall–Kier alpha value is -0.830. The van der Waals surface area contributed by atoms with Gasteiger partial charge in [-0.2, -0.15) is 0 Å². The molecule has 0 aliphatic heterocycles. The summed E-state index contributed by atoms with van der Waals surface area (Å²) in [6.45, 7) is 6.79. The van der Waals surface area contributed by atoms with Crippen LogP contribution in [0.5, 0.6) is 0 Å². The fourth-order valence-corrected chi connectivity index (χ4v) is 1.08. The van der Waals surface area contributed by atoms with Gasteiger partial charge >= 0.3 is 0 Å². The quantitative estimate of drug-likeness (QED) is 0.673. The number of aliphatic hydroxyl groups is 1. The first-order chi connectivity index (χ1) is 5.89. The maximum Gasteiger partial charge on any atom is 0.243 e. The average Bonchev–Trinajstić information content (AvgIpc) is 2.33. The molecule has 0 amide bonds. The third-order valence-corrected chi connectivity index (χ3v) is 2.21. The minimum absolute atomic E-state index is 0.0527. The number of nitrogens with zero attached hydrogens (tertiary/aromatic N) is 2. The SMILES string of the molecule is C[n+]1ccn(C[C@@H](O)C(C)(C)C)c1. The standard InChI is InChI=1S/C10H19N2O/c1-10(2,3)9(13)7-12-6-5-11(4)8-12/h5-6,8-9,13H,7H2,1-4H3/q+1/t9-/m1/s1. The number of imidazole rings is 1. The molecule has 0 unspecified atom stereocenters. The van der Waals surface area contributed by atoms with Crippen LogP contribution >= 0.6 is 0 Å². The molecule has 3 heteroatoms. The highest BCUT2D eigenvalue weighted by molar-refractivity contribution is 4.76. The minimum atomic E-state index is -0.306. The van der Waals surface area contributed by atoms with Gasteiger partial charge in [-0.25, -0.2) is 9.13 Å². The van der Waals surface area contributed by atoms with Gasteiger partial charge in [0.2, 0.25) is 6.33 Å². The molecule has 0 saturated carbocycles. The highest BCUT2D eigenvalue weighted by Gasteiger charge is 2.24. The molecule has 1 atom stereocenters. The van der Waals surface area contributed by atoms with E-state index in [1.165, 1.54) is 0 Å². The Morgan fingerprint density at radius 2 is 2.08 bits per heavy atom. The largest absolute Gasteiger partial charge is 0.388 e. The highest BCUT2D eigenvalue weighted by Crippen LogP contribution is 2.19. The van der Waals surface area contributed by atoms with Crippen LogP contribution in [0.15, 0.2) is 18.7 Å². The molecule has 0 aromatic carbocycles. The lowest BCUT2D eigenvalue weighted by molar-refractivity contribution is -0.671. The molecule has 0 fully saturated rings. The van der Waals surface area contributed by atoms with Crippen molar-refractivity contribution in [1.29, 1.82) is 0 Å². The van der Waals surface area contributed by atoms with Crippen LogP contribution in [0.25, 0.3) is 0 Å². The third-order valence-electron chi connectivity index (χ3n) is 2.21. The molecular formula is C10H19N2O+. The van der Waals surface area contributed by atoms with E-state index in [4.69, 9.17) is 0 Å². The number of aliphatic hydroxyl groups excluding tert-OH is 1. The molecule has 0 bridgehead atoms. The second-order valence-corrected chi connectivity index (χ2v) is 4.66. The Bertz CT molecular complexity index is 273. The van der Waals surface area contributed by atoms with Crippen LogP contribution in [0, 0.1) is 5.41 Å². The van der Waals surface area contributed by atoms with E-state index in [-0.39, 0.29) is 11.5 Å². The molecule has 1 aromatic rings. The van der Waals surface area contributed by atoms with Crippen molar-refractivity contribution in [2.75, 3.05) is 0 Å². The molecule has 0 aliphatic carbocycles. The van der Waals surface area contributed by atoms with Gasteiger partial charge in [0, 0.05) is 0 Å². The topological polar surface area (TPSA) is 29.0 Å². The van der Waals surface area contributed by atoms with Crippen LogP contribution in [-0.2, 0) is 13.6 Å². The Morgan fingerprint density at radius 3 is 2.46 bits per heavy atom. The van der Waals surface area contributed by atoms with Gasteiger partial charge < -0.3 is 5.11 Å². The predicted octanol–water partition coefficient (Wildman–Crippen LogP) is 0.720. The van der Waals surface area contributed by atoms with Crippen molar-refractivity contribution < 1.29 is 9.67 Å². The number of aromatic nitrogens is 2. The Labute approximate surface area is 79.6 Å². The van der Waals surface area contributed by atoms with Gasteiger partial charge in [-0.1, -0.05) is 20.8 Å². The third kappa shape index (κ3) is 2.84. The summed E-state index contributed by atoms with van der Waals surface area (Å²) in [5.74, 6) is 0. The predicted molar refractivity (Wildman–Crippen MR) is 51.1 cm³/mol. The first kappa shape index (κ1) is 10.3. The van der Waals surface area contributed by atoms with Crippen molar-refractivity contribution in [2.45, 2.75) is 33.4 Å². The molecule has 0 spiro atoms. The normalized spacial score (nSPS) is 14.5. The summed E-state index contributed by atoms with van der Waals surface area (Å²) < 4.78 is 3.96. The molecule has 0 radical (unpaired) electrons. The molecule has 0 saturated heterocycles. The first-order valence-corrected chi connectivity index (χ1v) is 4.58. The smallest absolute Gasteiger partial charge is 0.243 e. The van der Waals surface area contributed by atoms with Crippen LogP contribution in [0.1, 0.15) is 20.8 Å². The van der Waals surface area contributed by atoms with Gasteiger partial charge in [-0.3, -0.25) is 0 Å². The lowest BCUT2D eigenvalue weighted by atomic mass is 9.89. The Kier molecular flexibility index (Phi) is 2.76. The fraction of sp³-hybridized carbons (Fsp3) is 0.700. The number of hydrogen-bond donors (Lipinski definition) is 1. The summed E-state index contributed by atoms with van der Waals surface area (Å²) in [6.07, 6.45) is 5.60. The zero-order chi connectivity index (χ0) is 10.1. The fourth-order valence-electron chi connectivity index (χ4n) is 1.08. The lowest BCUT2D eigenvalue weighted by Gasteiger charge is -2.23. The highest BCUT2D eigenvalue weighted by atomic mass is 16.3. The summed E-state index contributed by atoms with van der Waals surface area (Å²) in [5.41, 5.74) is -0.0527. The molecular weight excluding hydrogens is 164 g/mol. The average molecular weight is 183 g/mol. The second kappa shape index (κ2) is 3.50. The van der Waals surface area contributed by atoms with Gasteiger partial charge in [-0.05, 0) is 5.41 Å². The maximum absolute atomic E-state index is 9.82. The first-order valence-electron chi connectivity index (χ1n) is 4.58. The molecule has 1 heterocycles. The van der Waals surface area contributed by atoms with Gasteiger partial charge in [0.05, 0.1) is 13.2 Å². The summed E-state index contributed by atoms with van der Waals surface area (Å²) in [4.78, 5) is 0. The number of aryl methyl sites for hydroxylation is 1. The number of hydrogen-bond acceptors (Lipinski definition) is 1. The van der Waals surface area contributed by atoms with Crippen LogP contribution in [-0.4, -0.2) is 15.8 Å². The van der Waals surface area contributed by atoms with Crippen molar-refractivity contribution in [3.63, 3.8) is 0 Å². The Morgan fingerprint density at radius 1 is 1.46 bits per heavy atom. The van der Waals surface area contributed by atoms with E-state index in [1.54, 1.807) is 0 Å². The van der Waals surface area contributed by atoms with E-state index in [9.17, 15) is 5.11 Å². The van der Waals surface area contributed by atoms with E-state index in [1.807, 2.05) is 55.7 Å². The van der Waals surface area contributed by atoms with E-state index >= 15 is 0 Å². The van der Waals surface area contributed by atoms with Crippen LogP contribution in [0.2, 0.25) is 0 Å². The summed E-state index contributed by atoms with van der Waals surface area (Å²) in [5, 5.41) is 9.82. The van der Waals surface area contributed by atoms with Gasteiger partial charge in [0.1, 0.15) is 18.9 Å². The number of rotatable bonds is 2. The molecule has 0 aliphatic rings. The van der Waals surface area contributed by atoms with Crippen molar-refractivity contribution >= 4 is 0 Å². The monoisotopic (exact) mass is 183 g/mol. The minimum Gasteiger partial charge on any atom is -0.388 e. The molecule has 1 rings (SSSR count).